The number of aromatic nitrogens is 4. The Bertz CT molecular complexity index is 558. The molecule has 0 aliphatic heterocycles. The summed E-state index contributed by atoms with van der Waals surface area (Å²) >= 11 is 1.48. The molecule has 2 aromatic heterocycles. The first-order valence-corrected chi connectivity index (χ1v) is 6.72. The molecule has 0 amide bonds. The Morgan fingerprint density at radius 1 is 1.32 bits per heavy atom. The topological polar surface area (TPSA) is 89.6 Å². The fraction of sp³-hybridized carbons (Fsp3) is 0.333. The van der Waals surface area contributed by atoms with Crippen LogP contribution in [0.15, 0.2) is 28.6 Å². The average Bonchev–Trinajstić information content (AvgIpc) is 2.42. The molecule has 0 atom stereocenters. The lowest BCUT2D eigenvalue weighted by Gasteiger charge is -2.12. The van der Waals surface area contributed by atoms with Gasteiger partial charge in [0.2, 0.25) is 0 Å². The molecule has 0 aliphatic rings. The van der Waals surface area contributed by atoms with Crippen LogP contribution in [-0.4, -0.2) is 19.9 Å². The molecule has 7 heteroatoms. The quantitative estimate of drug-likeness (QED) is 0.502. The lowest BCUT2D eigenvalue weighted by atomic mass is 10.2. The molecule has 0 fully saturated rings. The number of anilines is 1. The summed E-state index contributed by atoms with van der Waals surface area (Å²) in [5.74, 6) is 7.15. The predicted molar refractivity (Wildman–Crippen MR) is 74.8 cm³/mol. The second-order valence-corrected chi connectivity index (χ2v) is 5.32. The van der Waals surface area contributed by atoms with Crippen molar-refractivity contribution in [2.24, 2.45) is 5.84 Å². The molecule has 0 bridgehead atoms. The first-order chi connectivity index (χ1) is 9.11. The molecule has 2 heterocycles. The van der Waals surface area contributed by atoms with E-state index in [2.05, 4.69) is 25.4 Å². The Balaban J connectivity index is 2.41. The zero-order chi connectivity index (χ0) is 13.8. The molecule has 2 rings (SSSR count). The predicted octanol–water partition coefficient (Wildman–Crippen LogP) is 2.14. The maximum atomic E-state index is 5.51. The van der Waals surface area contributed by atoms with Crippen LogP contribution in [0, 0.1) is 6.92 Å². The Morgan fingerprint density at radius 3 is 2.68 bits per heavy atom. The van der Waals surface area contributed by atoms with E-state index in [-0.39, 0.29) is 5.92 Å². The van der Waals surface area contributed by atoms with E-state index in [1.807, 2.05) is 26.8 Å². The average molecular weight is 276 g/mol. The van der Waals surface area contributed by atoms with Gasteiger partial charge in [0.05, 0.1) is 0 Å². The summed E-state index contributed by atoms with van der Waals surface area (Å²) in [6.45, 7) is 6.02. The maximum absolute atomic E-state index is 5.51. The SMILES string of the molecule is Cc1c(NN)nc(C(C)C)nc1Sc1ccncn1. The van der Waals surface area contributed by atoms with Crippen LogP contribution in [0.4, 0.5) is 5.82 Å². The summed E-state index contributed by atoms with van der Waals surface area (Å²) in [6.07, 6.45) is 3.22. The van der Waals surface area contributed by atoms with Crippen molar-refractivity contribution in [1.29, 1.82) is 0 Å². The summed E-state index contributed by atoms with van der Waals surface area (Å²) in [5, 5.41) is 1.69. The number of hydrogen-bond donors (Lipinski definition) is 2. The van der Waals surface area contributed by atoms with Crippen LogP contribution in [0.5, 0.6) is 0 Å². The lowest BCUT2D eigenvalue weighted by molar-refractivity contribution is 0.748. The fourth-order valence-electron chi connectivity index (χ4n) is 1.45. The smallest absolute Gasteiger partial charge is 0.147 e. The highest BCUT2D eigenvalue weighted by molar-refractivity contribution is 7.99. The number of nitrogens with zero attached hydrogens (tertiary/aromatic N) is 4. The molecule has 3 N–H and O–H groups in total. The van der Waals surface area contributed by atoms with E-state index >= 15 is 0 Å². The standard InChI is InChI=1S/C12H16N6S/c1-7(2)10-16-11(18-13)8(3)12(17-10)19-9-4-5-14-6-15-9/h4-7H,13H2,1-3H3,(H,16,17,18). The molecule has 19 heavy (non-hydrogen) atoms. The second kappa shape index (κ2) is 5.94. The van der Waals surface area contributed by atoms with Gasteiger partial charge in [0, 0.05) is 17.7 Å². The number of nitrogen functional groups attached to an aromatic ring is 1. The first-order valence-electron chi connectivity index (χ1n) is 5.90. The molecule has 0 spiro atoms. The van der Waals surface area contributed by atoms with E-state index in [9.17, 15) is 0 Å². The van der Waals surface area contributed by atoms with E-state index in [4.69, 9.17) is 5.84 Å². The van der Waals surface area contributed by atoms with E-state index < -0.39 is 0 Å². The Hall–Kier alpha value is -1.73. The van der Waals surface area contributed by atoms with Crippen LogP contribution >= 0.6 is 11.8 Å². The zero-order valence-corrected chi connectivity index (χ0v) is 11.9. The third-order valence-electron chi connectivity index (χ3n) is 2.53. The largest absolute Gasteiger partial charge is 0.308 e. The van der Waals surface area contributed by atoms with Gasteiger partial charge in [0.1, 0.15) is 28.0 Å². The van der Waals surface area contributed by atoms with Crippen molar-refractivity contribution in [3.05, 3.63) is 30.0 Å². The third kappa shape index (κ3) is 3.18. The second-order valence-electron chi connectivity index (χ2n) is 4.31. The van der Waals surface area contributed by atoms with Crippen molar-refractivity contribution in [3.63, 3.8) is 0 Å². The van der Waals surface area contributed by atoms with Crippen molar-refractivity contribution in [2.45, 2.75) is 36.7 Å². The summed E-state index contributed by atoms with van der Waals surface area (Å²) in [7, 11) is 0. The molecule has 2 aromatic rings. The van der Waals surface area contributed by atoms with E-state index in [0.29, 0.717) is 5.82 Å². The van der Waals surface area contributed by atoms with Crippen molar-refractivity contribution in [2.75, 3.05) is 5.43 Å². The van der Waals surface area contributed by atoms with Gasteiger partial charge >= 0.3 is 0 Å². The number of nitrogens with one attached hydrogen (secondary N) is 1. The van der Waals surface area contributed by atoms with Crippen molar-refractivity contribution in [1.82, 2.24) is 19.9 Å². The minimum Gasteiger partial charge on any atom is -0.308 e. The highest BCUT2D eigenvalue weighted by Gasteiger charge is 2.13. The number of nitrogens with two attached hydrogens (primary N) is 1. The number of rotatable bonds is 4. The van der Waals surface area contributed by atoms with Crippen LogP contribution < -0.4 is 11.3 Å². The third-order valence-corrected chi connectivity index (χ3v) is 3.57. The van der Waals surface area contributed by atoms with Crippen LogP contribution in [0.3, 0.4) is 0 Å². The van der Waals surface area contributed by atoms with Crippen molar-refractivity contribution < 1.29 is 0 Å². The van der Waals surface area contributed by atoms with Crippen LogP contribution in [-0.2, 0) is 0 Å². The Morgan fingerprint density at radius 2 is 2.11 bits per heavy atom. The van der Waals surface area contributed by atoms with Gasteiger partial charge in [0.15, 0.2) is 0 Å². The van der Waals surface area contributed by atoms with Gasteiger partial charge in [-0.05, 0) is 24.8 Å². The van der Waals surface area contributed by atoms with Gasteiger partial charge in [-0.2, -0.15) is 0 Å². The summed E-state index contributed by atoms with van der Waals surface area (Å²) in [6, 6.07) is 1.84. The fourth-order valence-corrected chi connectivity index (χ4v) is 2.26. The number of hydrogen-bond acceptors (Lipinski definition) is 7. The molecule has 100 valence electrons. The van der Waals surface area contributed by atoms with E-state index in [0.717, 1.165) is 21.4 Å². The molecule has 0 aliphatic carbocycles. The zero-order valence-electron chi connectivity index (χ0n) is 11.1. The maximum Gasteiger partial charge on any atom is 0.147 e. The molecule has 0 radical (unpaired) electrons. The monoisotopic (exact) mass is 276 g/mol. The summed E-state index contributed by atoms with van der Waals surface area (Å²) in [4.78, 5) is 17.1. The number of hydrazine groups is 1. The highest BCUT2D eigenvalue weighted by atomic mass is 32.2. The lowest BCUT2D eigenvalue weighted by Crippen LogP contribution is -2.13. The van der Waals surface area contributed by atoms with Crippen molar-refractivity contribution >= 4 is 17.6 Å². The van der Waals surface area contributed by atoms with Gasteiger partial charge < -0.3 is 5.43 Å². The van der Waals surface area contributed by atoms with E-state index in [1.54, 1.807) is 6.20 Å². The van der Waals surface area contributed by atoms with Crippen LogP contribution in [0.25, 0.3) is 0 Å². The van der Waals surface area contributed by atoms with Gasteiger partial charge in [-0.15, -0.1) is 0 Å². The first kappa shape index (κ1) is 13.7. The van der Waals surface area contributed by atoms with Crippen molar-refractivity contribution in [3.8, 4) is 0 Å². The highest BCUT2D eigenvalue weighted by Crippen LogP contribution is 2.30. The van der Waals surface area contributed by atoms with Gasteiger partial charge in [0.25, 0.3) is 0 Å². The Labute approximate surface area is 116 Å². The molecular weight excluding hydrogens is 260 g/mol. The molecular formula is C12H16N6S. The molecule has 6 nitrogen and oxygen atoms in total. The van der Waals surface area contributed by atoms with Crippen LogP contribution in [0.2, 0.25) is 0 Å². The minimum absolute atomic E-state index is 0.234. The van der Waals surface area contributed by atoms with Gasteiger partial charge in [-0.3, -0.25) is 0 Å². The Kier molecular flexibility index (Phi) is 4.28. The minimum atomic E-state index is 0.234. The molecule has 0 aromatic carbocycles. The summed E-state index contributed by atoms with van der Waals surface area (Å²) < 4.78 is 0. The van der Waals surface area contributed by atoms with Gasteiger partial charge in [-0.25, -0.2) is 25.8 Å². The van der Waals surface area contributed by atoms with Gasteiger partial charge in [-0.1, -0.05) is 13.8 Å². The molecule has 0 saturated heterocycles. The molecule has 0 saturated carbocycles. The summed E-state index contributed by atoms with van der Waals surface area (Å²) in [5.41, 5.74) is 3.53. The normalized spacial score (nSPS) is 10.8. The molecule has 0 unspecified atom stereocenters. The van der Waals surface area contributed by atoms with Crippen LogP contribution in [0.1, 0.15) is 31.2 Å². The van der Waals surface area contributed by atoms with E-state index in [1.165, 1.54) is 18.1 Å².